The van der Waals surface area contributed by atoms with E-state index in [0.29, 0.717) is 5.92 Å². The Morgan fingerprint density at radius 3 is 2.94 bits per heavy atom. The van der Waals surface area contributed by atoms with Gasteiger partial charge < -0.3 is 15.2 Å². The van der Waals surface area contributed by atoms with Gasteiger partial charge in [-0.2, -0.15) is 0 Å². The van der Waals surface area contributed by atoms with Gasteiger partial charge >= 0.3 is 0 Å². The molecule has 1 aromatic rings. The van der Waals surface area contributed by atoms with E-state index in [-0.39, 0.29) is 6.04 Å². The SMILES string of the molecule is COc1ccccc1C(N)C1CCCOC1. The second-order valence-corrected chi connectivity index (χ2v) is 4.24. The maximum atomic E-state index is 6.29. The van der Waals surface area contributed by atoms with Crippen molar-refractivity contribution < 1.29 is 9.47 Å². The van der Waals surface area contributed by atoms with Gasteiger partial charge in [0.1, 0.15) is 5.75 Å². The van der Waals surface area contributed by atoms with Crippen LogP contribution < -0.4 is 10.5 Å². The van der Waals surface area contributed by atoms with Crippen LogP contribution in [0.4, 0.5) is 0 Å². The minimum atomic E-state index is 0.0106. The lowest BCUT2D eigenvalue weighted by Gasteiger charge is -2.28. The van der Waals surface area contributed by atoms with Gasteiger partial charge in [0.2, 0.25) is 0 Å². The zero-order valence-corrected chi connectivity index (χ0v) is 9.69. The van der Waals surface area contributed by atoms with Gasteiger partial charge in [0.25, 0.3) is 0 Å². The van der Waals surface area contributed by atoms with Crippen LogP contribution in [-0.4, -0.2) is 20.3 Å². The molecular formula is C13H19NO2. The predicted octanol–water partition coefficient (Wildman–Crippen LogP) is 2.12. The number of para-hydroxylation sites is 1. The van der Waals surface area contributed by atoms with Crippen molar-refractivity contribution in [2.24, 2.45) is 11.7 Å². The fraction of sp³-hybridized carbons (Fsp3) is 0.538. The van der Waals surface area contributed by atoms with Crippen molar-refractivity contribution in [1.82, 2.24) is 0 Å². The van der Waals surface area contributed by atoms with Crippen molar-refractivity contribution in [3.8, 4) is 5.75 Å². The van der Waals surface area contributed by atoms with E-state index in [0.717, 1.165) is 37.4 Å². The van der Waals surface area contributed by atoms with Crippen LogP contribution in [-0.2, 0) is 4.74 Å². The Morgan fingerprint density at radius 2 is 2.25 bits per heavy atom. The Bertz CT molecular complexity index is 334. The molecule has 2 atom stereocenters. The first-order valence-electron chi connectivity index (χ1n) is 5.79. The van der Waals surface area contributed by atoms with Crippen LogP contribution in [0.3, 0.4) is 0 Å². The quantitative estimate of drug-likeness (QED) is 0.850. The monoisotopic (exact) mass is 221 g/mol. The molecule has 2 rings (SSSR count). The Balaban J connectivity index is 2.15. The number of nitrogens with two attached hydrogens (primary N) is 1. The summed E-state index contributed by atoms with van der Waals surface area (Å²) in [6, 6.07) is 7.97. The van der Waals surface area contributed by atoms with Crippen LogP contribution in [0, 0.1) is 5.92 Å². The van der Waals surface area contributed by atoms with E-state index in [4.69, 9.17) is 15.2 Å². The van der Waals surface area contributed by atoms with Gasteiger partial charge in [0.05, 0.1) is 13.7 Å². The molecule has 1 saturated heterocycles. The van der Waals surface area contributed by atoms with Crippen LogP contribution >= 0.6 is 0 Å². The van der Waals surface area contributed by atoms with Gasteiger partial charge in [-0.3, -0.25) is 0 Å². The van der Waals surface area contributed by atoms with Crippen LogP contribution in [0.5, 0.6) is 5.75 Å². The van der Waals surface area contributed by atoms with Crippen molar-refractivity contribution in [2.75, 3.05) is 20.3 Å². The van der Waals surface area contributed by atoms with Crippen molar-refractivity contribution in [1.29, 1.82) is 0 Å². The summed E-state index contributed by atoms with van der Waals surface area (Å²) in [6.45, 7) is 1.63. The molecule has 1 aromatic carbocycles. The molecule has 0 amide bonds. The van der Waals surface area contributed by atoms with Gasteiger partial charge in [0, 0.05) is 24.1 Å². The van der Waals surface area contributed by atoms with E-state index < -0.39 is 0 Å². The molecule has 1 heterocycles. The highest BCUT2D eigenvalue weighted by atomic mass is 16.5. The summed E-state index contributed by atoms with van der Waals surface area (Å²) in [5, 5.41) is 0. The molecule has 1 aliphatic heterocycles. The van der Waals surface area contributed by atoms with E-state index in [2.05, 4.69) is 0 Å². The molecule has 3 heteroatoms. The number of benzene rings is 1. The first kappa shape index (κ1) is 11.4. The standard InChI is InChI=1S/C13H19NO2/c1-15-12-7-3-2-6-11(12)13(14)10-5-4-8-16-9-10/h2-3,6-7,10,13H,4-5,8-9,14H2,1H3. The molecule has 2 N–H and O–H groups in total. The summed E-state index contributed by atoms with van der Waals surface area (Å²) >= 11 is 0. The lowest BCUT2D eigenvalue weighted by molar-refractivity contribution is 0.0445. The summed E-state index contributed by atoms with van der Waals surface area (Å²) < 4.78 is 10.8. The third-order valence-corrected chi connectivity index (χ3v) is 3.20. The molecule has 0 spiro atoms. The predicted molar refractivity (Wildman–Crippen MR) is 63.5 cm³/mol. The lowest BCUT2D eigenvalue weighted by atomic mass is 9.89. The maximum Gasteiger partial charge on any atom is 0.123 e. The minimum absolute atomic E-state index is 0.0106. The van der Waals surface area contributed by atoms with Crippen LogP contribution in [0.15, 0.2) is 24.3 Å². The molecule has 0 radical (unpaired) electrons. The van der Waals surface area contributed by atoms with E-state index in [1.807, 2.05) is 24.3 Å². The normalized spacial score (nSPS) is 22.8. The van der Waals surface area contributed by atoms with Crippen molar-refractivity contribution in [2.45, 2.75) is 18.9 Å². The number of ether oxygens (including phenoxy) is 2. The highest BCUT2D eigenvalue weighted by Gasteiger charge is 2.24. The average Bonchev–Trinajstić information content (AvgIpc) is 2.39. The van der Waals surface area contributed by atoms with Crippen molar-refractivity contribution in [3.05, 3.63) is 29.8 Å². The van der Waals surface area contributed by atoms with Crippen LogP contribution in [0.2, 0.25) is 0 Å². The first-order chi connectivity index (χ1) is 7.83. The molecule has 1 aliphatic rings. The zero-order valence-electron chi connectivity index (χ0n) is 9.69. The third kappa shape index (κ3) is 2.36. The highest BCUT2D eigenvalue weighted by molar-refractivity contribution is 5.36. The van der Waals surface area contributed by atoms with Gasteiger partial charge in [-0.15, -0.1) is 0 Å². The minimum Gasteiger partial charge on any atom is -0.496 e. The molecule has 1 fully saturated rings. The van der Waals surface area contributed by atoms with Crippen LogP contribution in [0.1, 0.15) is 24.4 Å². The fourth-order valence-corrected chi connectivity index (χ4v) is 2.24. The molecule has 0 aliphatic carbocycles. The topological polar surface area (TPSA) is 44.5 Å². The zero-order chi connectivity index (χ0) is 11.4. The Morgan fingerprint density at radius 1 is 1.44 bits per heavy atom. The van der Waals surface area contributed by atoms with E-state index in [1.54, 1.807) is 7.11 Å². The Hall–Kier alpha value is -1.06. The van der Waals surface area contributed by atoms with Crippen molar-refractivity contribution in [3.63, 3.8) is 0 Å². The Kier molecular flexibility index (Phi) is 3.80. The van der Waals surface area contributed by atoms with E-state index in [9.17, 15) is 0 Å². The molecule has 0 bridgehead atoms. The molecule has 3 nitrogen and oxygen atoms in total. The largest absolute Gasteiger partial charge is 0.496 e. The van der Waals surface area contributed by atoms with Gasteiger partial charge in [-0.1, -0.05) is 18.2 Å². The average molecular weight is 221 g/mol. The summed E-state index contributed by atoms with van der Waals surface area (Å²) in [5.41, 5.74) is 7.37. The lowest BCUT2D eigenvalue weighted by Crippen LogP contribution is -2.29. The molecule has 16 heavy (non-hydrogen) atoms. The molecule has 88 valence electrons. The number of methoxy groups -OCH3 is 1. The fourth-order valence-electron chi connectivity index (χ4n) is 2.24. The first-order valence-corrected chi connectivity index (χ1v) is 5.79. The van der Waals surface area contributed by atoms with E-state index in [1.165, 1.54) is 0 Å². The second kappa shape index (κ2) is 5.32. The molecule has 0 aromatic heterocycles. The van der Waals surface area contributed by atoms with E-state index >= 15 is 0 Å². The number of rotatable bonds is 3. The summed E-state index contributed by atoms with van der Waals surface area (Å²) in [6.07, 6.45) is 2.24. The van der Waals surface area contributed by atoms with Gasteiger partial charge in [-0.05, 0) is 18.9 Å². The summed E-state index contributed by atoms with van der Waals surface area (Å²) in [5.74, 6) is 1.28. The van der Waals surface area contributed by atoms with Crippen LogP contribution in [0.25, 0.3) is 0 Å². The van der Waals surface area contributed by atoms with Gasteiger partial charge in [-0.25, -0.2) is 0 Å². The maximum absolute atomic E-state index is 6.29. The molecule has 0 saturated carbocycles. The number of hydrogen-bond donors (Lipinski definition) is 1. The molecule has 2 unspecified atom stereocenters. The Labute approximate surface area is 96.5 Å². The smallest absolute Gasteiger partial charge is 0.123 e. The summed E-state index contributed by atoms with van der Waals surface area (Å²) in [7, 11) is 1.68. The van der Waals surface area contributed by atoms with Crippen molar-refractivity contribution >= 4 is 0 Å². The molecular weight excluding hydrogens is 202 g/mol. The third-order valence-electron chi connectivity index (χ3n) is 3.20. The van der Waals surface area contributed by atoms with Gasteiger partial charge in [0.15, 0.2) is 0 Å². The second-order valence-electron chi connectivity index (χ2n) is 4.24. The highest BCUT2D eigenvalue weighted by Crippen LogP contribution is 2.31. The summed E-state index contributed by atoms with van der Waals surface area (Å²) in [4.78, 5) is 0. The number of hydrogen-bond acceptors (Lipinski definition) is 3.